The van der Waals surface area contributed by atoms with Crippen molar-refractivity contribution >= 4 is 0 Å². The molecule has 0 bridgehead atoms. The third kappa shape index (κ3) is 4.63. The highest BCUT2D eigenvalue weighted by molar-refractivity contribution is 5.39. The molecular weight excluding hydrogens is 216 g/mol. The van der Waals surface area contributed by atoms with E-state index in [-0.39, 0.29) is 0 Å². The third-order valence-corrected chi connectivity index (χ3v) is 2.57. The van der Waals surface area contributed by atoms with Crippen LogP contribution in [0.2, 0.25) is 0 Å². The first kappa shape index (κ1) is 13.8. The summed E-state index contributed by atoms with van der Waals surface area (Å²) in [7, 11) is 5.71. The molecule has 0 spiro atoms. The first-order chi connectivity index (χ1) is 8.02. The van der Waals surface area contributed by atoms with E-state index < -0.39 is 0 Å². The predicted octanol–water partition coefficient (Wildman–Crippen LogP) is 1.44. The van der Waals surface area contributed by atoms with Gasteiger partial charge < -0.3 is 20.1 Å². The monoisotopic (exact) mass is 238 g/mol. The average Bonchev–Trinajstić information content (AvgIpc) is 2.27. The van der Waals surface area contributed by atoms with Crippen LogP contribution in [0.4, 0.5) is 0 Å². The van der Waals surface area contributed by atoms with E-state index in [1.54, 1.807) is 19.2 Å². The molecular formula is C13H22N2O2. The van der Waals surface area contributed by atoms with Crippen molar-refractivity contribution in [3.63, 3.8) is 0 Å². The van der Waals surface area contributed by atoms with Crippen LogP contribution < -0.4 is 10.1 Å². The molecule has 0 radical (unpaired) electrons. The van der Waals surface area contributed by atoms with Crippen LogP contribution in [0.3, 0.4) is 0 Å². The lowest BCUT2D eigenvalue weighted by atomic mass is 10.1. The number of likely N-dealkylation sites (N-methyl/N-ethyl adjacent to an activating group) is 1. The van der Waals surface area contributed by atoms with Crippen molar-refractivity contribution in [2.75, 3.05) is 27.7 Å². The molecule has 0 amide bonds. The summed E-state index contributed by atoms with van der Waals surface area (Å²) in [5, 5.41) is 13.1. The molecule has 1 rings (SSSR count). The largest absolute Gasteiger partial charge is 0.508 e. The number of rotatable bonds is 6. The van der Waals surface area contributed by atoms with Crippen molar-refractivity contribution in [3.8, 4) is 11.5 Å². The van der Waals surface area contributed by atoms with Crippen molar-refractivity contribution < 1.29 is 9.84 Å². The Hall–Kier alpha value is -1.26. The number of nitrogens with one attached hydrogen (secondary N) is 1. The Bertz CT molecular complexity index is 353. The second kappa shape index (κ2) is 6.47. The van der Waals surface area contributed by atoms with E-state index in [0.717, 1.165) is 17.9 Å². The summed E-state index contributed by atoms with van der Waals surface area (Å²) in [6.07, 6.45) is 0. The molecule has 0 saturated heterocycles. The number of hydrogen-bond acceptors (Lipinski definition) is 4. The quantitative estimate of drug-likeness (QED) is 0.787. The van der Waals surface area contributed by atoms with Crippen molar-refractivity contribution in [1.82, 2.24) is 10.2 Å². The molecule has 17 heavy (non-hydrogen) atoms. The zero-order valence-electron chi connectivity index (χ0n) is 11.0. The van der Waals surface area contributed by atoms with Gasteiger partial charge in [0.2, 0.25) is 0 Å². The van der Waals surface area contributed by atoms with Crippen LogP contribution in [0.25, 0.3) is 0 Å². The number of hydrogen-bond donors (Lipinski definition) is 2. The van der Waals surface area contributed by atoms with Gasteiger partial charge in [0.05, 0.1) is 7.11 Å². The van der Waals surface area contributed by atoms with Gasteiger partial charge in [-0.05, 0) is 39.2 Å². The van der Waals surface area contributed by atoms with Gasteiger partial charge in [0.1, 0.15) is 11.5 Å². The maximum absolute atomic E-state index is 9.72. The molecule has 1 aromatic rings. The van der Waals surface area contributed by atoms with Gasteiger partial charge >= 0.3 is 0 Å². The van der Waals surface area contributed by atoms with Crippen LogP contribution in [0.5, 0.6) is 11.5 Å². The lowest BCUT2D eigenvalue weighted by Gasteiger charge is -2.18. The number of methoxy groups -OCH3 is 1. The van der Waals surface area contributed by atoms with Crippen LogP contribution in [0.15, 0.2) is 18.2 Å². The topological polar surface area (TPSA) is 44.7 Å². The van der Waals surface area contributed by atoms with Gasteiger partial charge in [-0.3, -0.25) is 0 Å². The number of phenols is 1. The molecule has 0 aliphatic heterocycles. The Kier molecular flexibility index (Phi) is 5.25. The highest BCUT2D eigenvalue weighted by Crippen LogP contribution is 2.22. The number of ether oxygens (including phenoxy) is 1. The van der Waals surface area contributed by atoms with Crippen LogP contribution >= 0.6 is 0 Å². The van der Waals surface area contributed by atoms with E-state index >= 15 is 0 Å². The van der Waals surface area contributed by atoms with E-state index in [1.165, 1.54) is 0 Å². The van der Waals surface area contributed by atoms with Gasteiger partial charge in [0.15, 0.2) is 0 Å². The van der Waals surface area contributed by atoms with Gasteiger partial charge in [-0.1, -0.05) is 0 Å². The molecule has 4 nitrogen and oxygen atoms in total. The molecule has 1 atom stereocenters. The van der Waals surface area contributed by atoms with Crippen LogP contribution in [0.1, 0.15) is 12.5 Å². The smallest absolute Gasteiger partial charge is 0.120 e. The Labute approximate surface area is 103 Å². The van der Waals surface area contributed by atoms with Gasteiger partial charge in [-0.2, -0.15) is 0 Å². The minimum atomic E-state index is 0.301. The first-order valence-electron chi connectivity index (χ1n) is 5.77. The zero-order chi connectivity index (χ0) is 12.8. The number of benzene rings is 1. The fourth-order valence-corrected chi connectivity index (χ4v) is 1.73. The molecule has 4 heteroatoms. The molecule has 0 fully saturated rings. The summed E-state index contributed by atoms with van der Waals surface area (Å²) in [6, 6.07) is 5.63. The molecule has 0 aliphatic rings. The van der Waals surface area contributed by atoms with Crippen LogP contribution in [0, 0.1) is 0 Å². The van der Waals surface area contributed by atoms with Crippen molar-refractivity contribution in [2.45, 2.75) is 19.5 Å². The lowest BCUT2D eigenvalue weighted by Crippen LogP contribution is -2.35. The van der Waals surface area contributed by atoms with Gasteiger partial charge in [-0.25, -0.2) is 0 Å². The Morgan fingerprint density at radius 3 is 2.71 bits per heavy atom. The van der Waals surface area contributed by atoms with Crippen molar-refractivity contribution in [2.24, 2.45) is 0 Å². The highest BCUT2D eigenvalue weighted by Gasteiger charge is 2.06. The second-order valence-corrected chi connectivity index (χ2v) is 4.54. The Balaban J connectivity index is 2.56. The maximum Gasteiger partial charge on any atom is 0.120 e. The van der Waals surface area contributed by atoms with E-state index in [2.05, 4.69) is 17.1 Å². The molecule has 0 heterocycles. The van der Waals surface area contributed by atoms with E-state index in [1.807, 2.05) is 20.2 Å². The summed E-state index contributed by atoms with van der Waals surface area (Å²) in [5.41, 5.74) is 0.856. The lowest BCUT2D eigenvalue weighted by molar-refractivity contribution is 0.347. The minimum Gasteiger partial charge on any atom is -0.508 e. The fourth-order valence-electron chi connectivity index (χ4n) is 1.73. The number of phenolic OH excluding ortho intramolecular Hbond substituents is 1. The second-order valence-electron chi connectivity index (χ2n) is 4.54. The summed E-state index contributed by atoms with van der Waals surface area (Å²) >= 11 is 0. The zero-order valence-corrected chi connectivity index (χ0v) is 11.0. The molecule has 0 aromatic heterocycles. The van der Waals surface area contributed by atoms with E-state index in [4.69, 9.17) is 4.74 Å². The maximum atomic E-state index is 9.72. The summed E-state index contributed by atoms with van der Waals surface area (Å²) in [4.78, 5) is 2.13. The van der Waals surface area contributed by atoms with Gasteiger partial charge in [0.25, 0.3) is 0 Å². The van der Waals surface area contributed by atoms with Crippen molar-refractivity contribution in [1.29, 1.82) is 0 Å². The first-order valence-corrected chi connectivity index (χ1v) is 5.77. The van der Waals surface area contributed by atoms with Crippen LogP contribution in [-0.4, -0.2) is 43.8 Å². The molecule has 1 unspecified atom stereocenters. The van der Waals surface area contributed by atoms with Crippen LogP contribution in [-0.2, 0) is 6.54 Å². The standard InChI is InChI=1S/C13H22N2O2/c1-10(9-15(2)3)14-8-11-7-12(17-4)5-6-13(11)16/h5-7,10,14,16H,8-9H2,1-4H3. The fraction of sp³-hybridized carbons (Fsp3) is 0.538. The summed E-state index contributed by atoms with van der Waals surface area (Å²) < 4.78 is 5.13. The van der Waals surface area contributed by atoms with Gasteiger partial charge in [0, 0.05) is 24.7 Å². The van der Waals surface area contributed by atoms with E-state index in [9.17, 15) is 5.11 Å². The van der Waals surface area contributed by atoms with Crippen molar-refractivity contribution in [3.05, 3.63) is 23.8 Å². The third-order valence-electron chi connectivity index (χ3n) is 2.57. The Morgan fingerprint density at radius 2 is 2.12 bits per heavy atom. The molecule has 96 valence electrons. The molecule has 1 aromatic carbocycles. The molecule has 0 aliphatic carbocycles. The number of aromatic hydroxyl groups is 1. The molecule has 0 saturated carbocycles. The minimum absolute atomic E-state index is 0.301. The number of nitrogens with zero attached hydrogens (tertiary/aromatic N) is 1. The Morgan fingerprint density at radius 1 is 1.41 bits per heavy atom. The SMILES string of the molecule is COc1ccc(O)c(CNC(C)CN(C)C)c1. The highest BCUT2D eigenvalue weighted by atomic mass is 16.5. The van der Waals surface area contributed by atoms with E-state index in [0.29, 0.717) is 18.3 Å². The summed E-state index contributed by atoms with van der Waals surface area (Å²) in [5.74, 6) is 1.07. The summed E-state index contributed by atoms with van der Waals surface area (Å²) in [6.45, 7) is 3.72. The average molecular weight is 238 g/mol. The normalized spacial score (nSPS) is 12.8. The predicted molar refractivity (Wildman–Crippen MR) is 69.5 cm³/mol. The van der Waals surface area contributed by atoms with Gasteiger partial charge in [-0.15, -0.1) is 0 Å². The molecule has 2 N–H and O–H groups in total.